The third kappa shape index (κ3) is 6.04. The van der Waals surface area contributed by atoms with Crippen molar-refractivity contribution in [3.8, 4) is 5.75 Å². The molecule has 7 heteroatoms. The summed E-state index contributed by atoms with van der Waals surface area (Å²) in [5.41, 5.74) is 0.545. The predicted molar refractivity (Wildman–Crippen MR) is 97.2 cm³/mol. The van der Waals surface area contributed by atoms with Gasteiger partial charge in [0.1, 0.15) is 11.6 Å². The maximum absolute atomic E-state index is 13.0. The Labute approximate surface area is 156 Å². The van der Waals surface area contributed by atoms with Crippen molar-refractivity contribution < 1.29 is 23.5 Å². The molecule has 0 aliphatic carbocycles. The van der Waals surface area contributed by atoms with Gasteiger partial charge < -0.3 is 14.8 Å². The molecule has 2 aromatic carbocycles. The largest absolute Gasteiger partial charge is 0.494 e. The van der Waals surface area contributed by atoms with Gasteiger partial charge in [-0.2, -0.15) is 0 Å². The molecule has 0 radical (unpaired) electrons. The maximum Gasteiger partial charge on any atom is 0.338 e. The van der Waals surface area contributed by atoms with Crippen LogP contribution in [0.5, 0.6) is 5.75 Å². The summed E-state index contributed by atoms with van der Waals surface area (Å²) in [7, 11) is 0. The van der Waals surface area contributed by atoms with E-state index in [0.717, 1.165) is 25.0 Å². The van der Waals surface area contributed by atoms with Crippen LogP contribution in [0.25, 0.3) is 0 Å². The van der Waals surface area contributed by atoms with Crippen molar-refractivity contribution in [2.75, 3.05) is 18.5 Å². The highest BCUT2D eigenvalue weighted by Gasteiger charge is 2.12. The van der Waals surface area contributed by atoms with Gasteiger partial charge in [-0.1, -0.05) is 24.9 Å². The first-order valence-corrected chi connectivity index (χ1v) is 8.52. The molecule has 2 aromatic rings. The molecular formula is C19H19ClFNO4. The highest BCUT2D eigenvalue weighted by atomic mass is 35.5. The number of esters is 1. The molecule has 0 aromatic heterocycles. The molecule has 0 bridgehead atoms. The average Bonchev–Trinajstić information content (AvgIpc) is 2.63. The number of amides is 1. The standard InChI is InChI=1S/C19H19ClFNO4/c1-2-3-10-25-15-7-4-13(5-8-15)19(24)26-12-18(23)22-17-9-6-14(21)11-16(17)20/h4-9,11H,2-3,10,12H2,1H3,(H,22,23). The lowest BCUT2D eigenvalue weighted by Gasteiger charge is -2.09. The summed E-state index contributed by atoms with van der Waals surface area (Å²) in [5, 5.41) is 2.51. The summed E-state index contributed by atoms with van der Waals surface area (Å²) in [6.45, 7) is 2.20. The number of nitrogens with one attached hydrogen (secondary N) is 1. The van der Waals surface area contributed by atoms with Crippen LogP contribution < -0.4 is 10.1 Å². The second-order valence-electron chi connectivity index (χ2n) is 5.47. The third-order valence-corrected chi connectivity index (χ3v) is 3.71. The monoisotopic (exact) mass is 379 g/mol. The Morgan fingerprint density at radius 3 is 2.54 bits per heavy atom. The third-order valence-electron chi connectivity index (χ3n) is 3.40. The van der Waals surface area contributed by atoms with E-state index >= 15 is 0 Å². The van der Waals surface area contributed by atoms with Crippen LogP contribution >= 0.6 is 11.6 Å². The van der Waals surface area contributed by atoms with E-state index in [0.29, 0.717) is 17.9 Å². The number of hydrogen-bond acceptors (Lipinski definition) is 4. The van der Waals surface area contributed by atoms with Gasteiger partial charge in [0.05, 0.1) is 22.9 Å². The Bertz CT molecular complexity index is 765. The quantitative estimate of drug-likeness (QED) is 0.543. The average molecular weight is 380 g/mol. The number of unbranched alkanes of at least 4 members (excludes halogenated alkanes) is 1. The van der Waals surface area contributed by atoms with Crippen LogP contribution in [0.4, 0.5) is 10.1 Å². The number of halogens is 2. The van der Waals surface area contributed by atoms with Gasteiger partial charge in [-0.3, -0.25) is 4.79 Å². The van der Waals surface area contributed by atoms with Crippen molar-refractivity contribution >= 4 is 29.2 Å². The van der Waals surface area contributed by atoms with E-state index in [1.54, 1.807) is 24.3 Å². The zero-order valence-electron chi connectivity index (χ0n) is 14.3. The number of hydrogen-bond donors (Lipinski definition) is 1. The number of carbonyl (C=O) groups is 2. The summed E-state index contributed by atoms with van der Waals surface area (Å²) in [6, 6.07) is 10.0. The molecule has 138 valence electrons. The van der Waals surface area contributed by atoms with E-state index in [9.17, 15) is 14.0 Å². The Hall–Kier alpha value is -2.60. The Kier molecular flexibility index (Phi) is 7.41. The minimum Gasteiger partial charge on any atom is -0.494 e. The molecule has 0 heterocycles. The molecule has 1 amide bonds. The highest BCUT2D eigenvalue weighted by Crippen LogP contribution is 2.22. The lowest BCUT2D eigenvalue weighted by Crippen LogP contribution is -2.21. The van der Waals surface area contributed by atoms with Gasteiger partial charge in [-0.05, 0) is 48.9 Å². The zero-order valence-corrected chi connectivity index (χ0v) is 15.0. The van der Waals surface area contributed by atoms with E-state index in [4.69, 9.17) is 21.1 Å². The SMILES string of the molecule is CCCCOc1ccc(C(=O)OCC(=O)Nc2ccc(F)cc2Cl)cc1. The van der Waals surface area contributed by atoms with Crippen molar-refractivity contribution in [2.45, 2.75) is 19.8 Å². The minimum absolute atomic E-state index is 0.0586. The summed E-state index contributed by atoms with van der Waals surface area (Å²) >= 11 is 5.82. The van der Waals surface area contributed by atoms with Crippen molar-refractivity contribution in [1.82, 2.24) is 0 Å². The maximum atomic E-state index is 13.0. The molecule has 0 aliphatic rings. The molecule has 0 fully saturated rings. The van der Waals surface area contributed by atoms with Crippen LogP contribution in [0.3, 0.4) is 0 Å². The zero-order chi connectivity index (χ0) is 18.9. The van der Waals surface area contributed by atoms with Crippen LogP contribution in [0.2, 0.25) is 5.02 Å². The number of benzene rings is 2. The molecule has 0 saturated heterocycles. The molecule has 0 unspecified atom stereocenters. The van der Waals surface area contributed by atoms with E-state index < -0.39 is 24.3 Å². The van der Waals surface area contributed by atoms with E-state index in [-0.39, 0.29) is 10.7 Å². The second-order valence-corrected chi connectivity index (χ2v) is 5.88. The van der Waals surface area contributed by atoms with Gasteiger partial charge in [0.15, 0.2) is 6.61 Å². The van der Waals surface area contributed by atoms with Crippen LogP contribution in [0.1, 0.15) is 30.1 Å². The van der Waals surface area contributed by atoms with E-state index in [1.807, 2.05) is 0 Å². The van der Waals surface area contributed by atoms with Gasteiger partial charge in [-0.15, -0.1) is 0 Å². The first-order chi connectivity index (χ1) is 12.5. The normalized spacial score (nSPS) is 10.3. The topological polar surface area (TPSA) is 64.6 Å². The van der Waals surface area contributed by atoms with Crippen molar-refractivity contribution in [3.63, 3.8) is 0 Å². The minimum atomic E-state index is -0.634. The fraction of sp³-hybridized carbons (Fsp3) is 0.263. The van der Waals surface area contributed by atoms with Crippen LogP contribution in [0.15, 0.2) is 42.5 Å². The summed E-state index contributed by atoms with van der Waals surface area (Å²) in [6.07, 6.45) is 1.99. The smallest absolute Gasteiger partial charge is 0.338 e. The first kappa shape index (κ1) is 19.7. The summed E-state index contributed by atoms with van der Waals surface area (Å²) in [4.78, 5) is 23.8. The number of ether oxygens (including phenoxy) is 2. The molecule has 0 spiro atoms. The first-order valence-electron chi connectivity index (χ1n) is 8.14. The summed E-state index contributed by atoms with van der Waals surface area (Å²) in [5.74, 6) is -1.06. The van der Waals surface area contributed by atoms with E-state index in [1.165, 1.54) is 6.07 Å². The molecule has 0 atom stereocenters. The molecular weight excluding hydrogens is 361 g/mol. The summed E-state index contributed by atoms with van der Waals surface area (Å²) < 4.78 is 23.4. The Morgan fingerprint density at radius 1 is 1.15 bits per heavy atom. The van der Waals surface area contributed by atoms with E-state index in [2.05, 4.69) is 12.2 Å². The second kappa shape index (κ2) is 9.77. The van der Waals surface area contributed by atoms with Crippen LogP contribution in [-0.4, -0.2) is 25.1 Å². The molecule has 26 heavy (non-hydrogen) atoms. The fourth-order valence-corrected chi connectivity index (χ4v) is 2.23. The number of anilines is 1. The number of rotatable bonds is 8. The van der Waals surface area contributed by atoms with Crippen LogP contribution in [0, 0.1) is 5.82 Å². The molecule has 2 rings (SSSR count). The molecule has 5 nitrogen and oxygen atoms in total. The molecule has 0 aliphatic heterocycles. The van der Waals surface area contributed by atoms with Crippen molar-refractivity contribution in [3.05, 3.63) is 58.9 Å². The van der Waals surface area contributed by atoms with Crippen molar-refractivity contribution in [1.29, 1.82) is 0 Å². The van der Waals surface area contributed by atoms with Crippen molar-refractivity contribution in [2.24, 2.45) is 0 Å². The van der Waals surface area contributed by atoms with Gasteiger partial charge in [-0.25, -0.2) is 9.18 Å². The van der Waals surface area contributed by atoms with Gasteiger partial charge in [0, 0.05) is 0 Å². The van der Waals surface area contributed by atoms with Gasteiger partial charge in [0.25, 0.3) is 5.91 Å². The molecule has 0 saturated carbocycles. The lowest BCUT2D eigenvalue weighted by molar-refractivity contribution is -0.119. The Morgan fingerprint density at radius 2 is 1.88 bits per heavy atom. The number of carbonyl (C=O) groups excluding carboxylic acids is 2. The van der Waals surface area contributed by atoms with Gasteiger partial charge >= 0.3 is 5.97 Å². The highest BCUT2D eigenvalue weighted by molar-refractivity contribution is 6.33. The predicted octanol–water partition coefficient (Wildman–Crippen LogP) is 4.45. The molecule has 1 N–H and O–H groups in total. The van der Waals surface area contributed by atoms with Gasteiger partial charge in [0.2, 0.25) is 0 Å². The Balaban J connectivity index is 1.82. The van der Waals surface area contributed by atoms with Crippen LogP contribution in [-0.2, 0) is 9.53 Å². The lowest BCUT2D eigenvalue weighted by atomic mass is 10.2. The fourth-order valence-electron chi connectivity index (χ4n) is 2.01.